The molecule has 1 heterocycles. The summed E-state index contributed by atoms with van der Waals surface area (Å²) >= 11 is 17.5. The van der Waals surface area contributed by atoms with Gasteiger partial charge in [-0.2, -0.15) is 5.26 Å². The number of hydrogen-bond donors (Lipinski definition) is 1. The molecule has 5 nitrogen and oxygen atoms in total. The molecule has 0 aliphatic carbocycles. The van der Waals surface area contributed by atoms with E-state index in [1.54, 1.807) is 6.07 Å². The first-order chi connectivity index (χ1) is 9.83. The summed E-state index contributed by atoms with van der Waals surface area (Å²) in [4.78, 5) is 3.59. The van der Waals surface area contributed by atoms with Gasteiger partial charge in [-0.3, -0.25) is 4.72 Å². The van der Waals surface area contributed by atoms with E-state index in [0.717, 1.165) is 6.20 Å². The average Bonchev–Trinajstić information content (AvgIpc) is 2.44. The lowest BCUT2D eigenvalue weighted by atomic mass is 10.3. The number of hydrogen-bond acceptors (Lipinski definition) is 4. The smallest absolute Gasteiger partial charge is 0.263 e. The van der Waals surface area contributed by atoms with Gasteiger partial charge in [0.2, 0.25) is 0 Å². The molecule has 108 valence electrons. The van der Waals surface area contributed by atoms with Gasteiger partial charge in [-0.1, -0.05) is 34.8 Å². The highest BCUT2D eigenvalue weighted by atomic mass is 35.5. The number of halogens is 3. The molecule has 0 saturated heterocycles. The molecule has 0 bridgehead atoms. The van der Waals surface area contributed by atoms with Gasteiger partial charge in [0.25, 0.3) is 10.0 Å². The highest BCUT2D eigenvalue weighted by Crippen LogP contribution is 2.33. The predicted octanol–water partition coefficient (Wildman–Crippen LogP) is 3.71. The summed E-state index contributed by atoms with van der Waals surface area (Å²) in [6.07, 6.45) is 1.08. The molecule has 1 N–H and O–H groups in total. The SMILES string of the molecule is N#Cc1ccc(S(=O)(=O)Nc2cc(Cl)c(Cl)cc2Cl)cn1. The Morgan fingerprint density at radius 3 is 2.33 bits per heavy atom. The third-order valence-corrected chi connectivity index (χ3v) is 4.80. The van der Waals surface area contributed by atoms with Crippen molar-refractivity contribution in [3.05, 3.63) is 51.2 Å². The van der Waals surface area contributed by atoms with Crippen LogP contribution >= 0.6 is 34.8 Å². The molecule has 21 heavy (non-hydrogen) atoms. The Labute approximate surface area is 136 Å². The quantitative estimate of drug-likeness (QED) is 0.844. The lowest BCUT2D eigenvalue weighted by Gasteiger charge is -2.10. The second-order valence-corrected chi connectivity index (χ2v) is 6.75. The number of sulfonamides is 1. The fourth-order valence-electron chi connectivity index (χ4n) is 1.41. The van der Waals surface area contributed by atoms with E-state index in [2.05, 4.69) is 9.71 Å². The molecular formula is C12H6Cl3N3O2S. The summed E-state index contributed by atoms with van der Waals surface area (Å²) in [5.74, 6) is 0. The van der Waals surface area contributed by atoms with E-state index >= 15 is 0 Å². The van der Waals surface area contributed by atoms with Gasteiger partial charge in [0.15, 0.2) is 0 Å². The number of nitrogens with zero attached hydrogens (tertiary/aromatic N) is 2. The van der Waals surface area contributed by atoms with Crippen LogP contribution in [-0.2, 0) is 10.0 Å². The summed E-state index contributed by atoms with van der Waals surface area (Å²) in [5, 5.41) is 9.12. The molecule has 0 fully saturated rings. The third kappa shape index (κ3) is 3.57. The number of benzene rings is 1. The van der Waals surface area contributed by atoms with Gasteiger partial charge in [0, 0.05) is 6.20 Å². The Morgan fingerprint density at radius 2 is 1.76 bits per heavy atom. The Balaban J connectivity index is 2.37. The van der Waals surface area contributed by atoms with Crippen LogP contribution in [-0.4, -0.2) is 13.4 Å². The van der Waals surface area contributed by atoms with Crippen molar-refractivity contribution in [2.75, 3.05) is 4.72 Å². The molecule has 0 unspecified atom stereocenters. The van der Waals surface area contributed by atoms with Crippen LogP contribution in [0.5, 0.6) is 0 Å². The largest absolute Gasteiger partial charge is 0.278 e. The number of rotatable bonds is 3. The maximum Gasteiger partial charge on any atom is 0.263 e. The monoisotopic (exact) mass is 361 g/mol. The van der Waals surface area contributed by atoms with Crippen molar-refractivity contribution < 1.29 is 8.42 Å². The van der Waals surface area contributed by atoms with Crippen molar-refractivity contribution in [3.8, 4) is 6.07 Å². The Morgan fingerprint density at radius 1 is 1.10 bits per heavy atom. The van der Waals surface area contributed by atoms with Gasteiger partial charge in [-0.25, -0.2) is 13.4 Å². The molecule has 0 amide bonds. The average molecular weight is 363 g/mol. The third-order valence-electron chi connectivity index (χ3n) is 2.42. The summed E-state index contributed by atoms with van der Waals surface area (Å²) in [5.41, 5.74) is 0.206. The molecule has 9 heteroatoms. The fraction of sp³-hybridized carbons (Fsp3) is 0. The van der Waals surface area contributed by atoms with E-state index in [-0.39, 0.29) is 31.3 Å². The minimum absolute atomic E-state index is 0.0930. The van der Waals surface area contributed by atoms with E-state index in [4.69, 9.17) is 40.1 Å². The van der Waals surface area contributed by atoms with Crippen molar-refractivity contribution in [3.63, 3.8) is 0 Å². The van der Waals surface area contributed by atoms with Crippen molar-refractivity contribution in [2.45, 2.75) is 4.90 Å². The second kappa shape index (κ2) is 6.08. The van der Waals surface area contributed by atoms with Gasteiger partial charge in [-0.15, -0.1) is 0 Å². The number of pyridine rings is 1. The van der Waals surface area contributed by atoms with E-state index in [9.17, 15) is 8.42 Å². The summed E-state index contributed by atoms with van der Waals surface area (Å²) < 4.78 is 26.6. The first kappa shape index (κ1) is 15.9. The van der Waals surface area contributed by atoms with E-state index < -0.39 is 10.0 Å². The first-order valence-corrected chi connectivity index (χ1v) is 7.99. The Hall–Kier alpha value is -1.52. The molecule has 0 aliphatic rings. The zero-order chi connectivity index (χ0) is 15.6. The van der Waals surface area contributed by atoms with Crippen LogP contribution in [0.15, 0.2) is 35.4 Å². The molecule has 0 aliphatic heterocycles. The predicted molar refractivity (Wildman–Crippen MR) is 81.2 cm³/mol. The lowest BCUT2D eigenvalue weighted by Crippen LogP contribution is -2.13. The van der Waals surface area contributed by atoms with Crippen LogP contribution in [0.3, 0.4) is 0 Å². The van der Waals surface area contributed by atoms with Crippen molar-refractivity contribution >= 4 is 50.5 Å². The number of aromatic nitrogens is 1. The molecular weight excluding hydrogens is 357 g/mol. The van der Waals surface area contributed by atoms with Crippen molar-refractivity contribution in [1.82, 2.24) is 4.98 Å². The highest BCUT2D eigenvalue weighted by molar-refractivity contribution is 7.92. The fourth-order valence-corrected chi connectivity index (χ4v) is 3.07. The maximum atomic E-state index is 12.2. The molecule has 2 aromatic rings. The first-order valence-electron chi connectivity index (χ1n) is 5.37. The van der Waals surface area contributed by atoms with Crippen LogP contribution in [0.4, 0.5) is 5.69 Å². The zero-order valence-corrected chi connectivity index (χ0v) is 13.2. The van der Waals surface area contributed by atoms with Gasteiger partial charge < -0.3 is 0 Å². The van der Waals surface area contributed by atoms with Crippen molar-refractivity contribution in [2.24, 2.45) is 0 Å². The molecule has 1 aromatic heterocycles. The van der Waals surface area contributed by atoms with Gasteiger partial charge >= 0.3 is 0 Å². The lowest BCUT2D eigenvalue weighted by molar-refractivity contribution is 0.601. The van der Waals surface area contributed by atoms with Crippen molar-refractivity contribution in [1.29, 1.82) is 5.26 Å². The number of nitrogens with one attached hydrogen (secondary N) is 1. The molecule has 0 spiro atoms. The molecule has 0 atom stereocenters. The van der Waals surface area contributed by atoms with Gasteiger partial charge in [0.1, 0.15) is 16.7 Å². The number of anilines is 1. The summed E-state index contributed by atoms with van der Waals surface area (Å²) in [7, 11) is -3.90. The molecule has 0 radical (unpaired) electrons. The summed E-state index contributed by atoms with van der Waals surface area (Å²) in [6.45, 7) is 0. The van der Waals surface area contributed by atoms with Crippen LogP contribution in [0, 0.1) is 11.3 Å². The van der Waals surface area contributed by atoms with Crippen LogP contribution in [0.1, 0.15) is 5.69 Å². The zero-order valence-electron chi connectivity index (χ0n) is 10.1. The minimum Gasteiger partial charge on any atom is -0.278 e. The molecule has 1 aromatic carbocycles. The normalized spacial score (nSPS) is 11.0. The standard InChI is InChI=1S/C12H6Cl3N3O2S/c13-9-3-11(15)12(4-10(9)14)18-21(19,20)8-2-1-7(5-16)17-6-8/h1-4,6,18H. The highest BCUT2D eigenvalue weighted by Gasteiger charge is 2.17. The second-order valence-electron chi connectivity index (χ2n) is 3.84. The molecule has 0 saturated carbocycles. The van der Waals surface area contributed by atoms with Gasteiger partial charge in [0.05, 0.1) is 20.8 Å². The van der Waals surface area contributed by atoms with Gasteiger partial charge in [-0.05, 0) is 24.3 Å². The van der Waals surface area contributed by atoms with E-state index in [1.165, 1.54) is 24.3 Å². The Kier molecular flexibility index (Phi) is 4.59. The minimum atomic E-state index is -3.90. The number of nitriles is 1. The van der Waals surface area contributed by atoms with Crippen LogP contribution in [0.25, 0.3) is 0 Å². The van der Waals surface area contributed by atoms with Crippen LogP contribution in [0.2, 0.25) is 15.1 Å². The van der Waals surface area contributed by atoms with E-state index in [0.29, 0.717) is 0 Å². The summed E-state index contributed by atoms with van der Waals surface area (Å²) in [6, 6.07) is 7.00. The molecule has 2 rings (SSSR count). The topological polar surface area (TPSA) is 82.8 Å². The van der Waals surface area contributed by atoms with Crippen LogP contribution < -0.4 is 4.72 Å². The maximum absolute atomic E-state index is 12.2. The Bertz CT molecular complexity index is 830. The van der Waals surface area contributed by atoms with E-state index in [1.807, 2.05) is 0 Å².